The van der Waals surface area contributed by atoms with Crippen LogP contribution in [-0.2, 0) is 31.3 Å². The number of aryl methyl sites for hydroxylation is 3. The van der Waals surface area contributed by atoms with E-state index < -0.39 is 0 Å². The average Bonchev–Trinajstić information content (AvgIpc) is 2.99. The smallest absolute Gasteiger partial charge is 0.351 e. The zero-order chi connectivity index (χ0) is 20.4. The number of hydrogen-bond donors (Lipinski definition) is 0. The molecule has 0 N–H and O–H groups in total. The summed E-state index contributed by atoms with van der Waals surface area (Å²) in [5.74, 6) is 0. The second-order valence-corrected chi connectivity index (χ2v) is 7.62. The van der Waals surface area contributed by atoms with E-state index in [4.69, 9.17) is 16.4 Å². The molecule has 0 saturated heterocycles. The summed E-state index contributed by atoms with van der Waals surface area (Å²) in [6, 6.07) is 14.0. The molecule has 1 aliphatic carbocycles. The highest BCUT2D eigenvalue weighted by atomic mass is 35.5. The molecular formula is C22H23ClN4O2. The van der Waals surface area contributed by atoms with Crippen molar-refractivity contribution in [2.75, 3.05) is 0 Å². The first kappa shape index (κ1) is 19.5. The van der Waals surface area contributed by atoms with Crippen LogP contribution in [0.2, 0.25) is 5.28 Å². The van der Waals surface area contributed by atoms with Gasteiger partial charge >= 0.3 is 5.69 Å². The second-order valence-electron chi connectivity index (χ2n) is 7.28. The third kappa shape index (κ3) is 3.98. The largest absolute Gasteiger partial charge is 0.391 e. The molecule has 7 heteroatoms. The number of hydrogen-bond acceptors (Lipinski definition) is 4. The Bertz CT molecular complexity index is 1130. The number of para-hydroxylation sites is 1. The van der Waals surface area contributed by atoms with Gasteiger partial charge in [-0.15, -0.1) is 5.10 Å². The Balaban J connectivity index is 1.53. The fraction of sp³-hybridized carbons (Fsp3) is 0.318. The molecule has 0 amide bonds. The first-order chi connectivity index (χ1) is 14.0. The molecule has 1 aliphatic rings. The SMILES string of the molecule is C/C(=N/OCc1ccccc1-n1c(Cl)nn(C)c1=O)c1ccc2c(c1)CCCC2. The Morgan fingerprint density at radius 2 is 1.93 bits per heavy atom. The molecule has 3 aromatic rings. The third-order valence-electron chi connectivity index (χ3n) is 5.31. The normalized spacial score (nSPS) is 14.0. The highest BCUT2D eigenvalue weighted by Crippen LogP contribution is 2.23. The topological polar surface area (TPSA) is 61.4 Å². The van der Waals surface area contributed by atoms with E-state index in [0.717, 1.165) is 29.7 Å². The summed E-state index contributed by atoms with van der Waals surface area (Å²) in [5, 5.41) is 8.38. The quantitative estimate of drug-likeness (QED) is 0.471. The second kappa shape index (κ2) is 8.25. The van der Waals surface area contributed by atoms with Crippen LogP contribution in [0.1, 0.15) is 42.0 Å². The molecule has 2 aromatic carbocycles. The van der Waals surface area contributed by atoms with Crippen LogP contribution >= 0.6 is 11.6 Å². The molecule has 0 bridgehead atoms. The Morgan fingerprint density at radius 3 is 2.69 bits per heavy atom. The third-order valence-corrected chi connectivity index (χ3v) is 5.55. The molecule has 1 heterocycles. The molecule has 0 aliphatic heterocycles. The molecule has 29 heavy (non-hydrogen) atoms. The maximum absolute atomic E-state index is 12.3. The van der Waals surface area contributed by atoms with Crippen molar-refractivity contribution in [3.8, 4) is 5.69 Å². The maximum atomic E-state index is 12.3. The molecular weight excluding hydrogens is 388 g/mol. The van der Waals surface area contributed by atoms with E-state index in [2.05, 4.69) is 28.5 Å². The van der Waals surface area contributed by atoms with Crippen LogP contribution in [0.25, 0.3) is 5.69 Å². The molecule has 0 fully saturated rings. The zero-order valence-electron chi connectivity index (χ0n) is 16.6. The minimum atomic E-state index is -0.309. The van der Waals surface area contributed by atoms with Crippen LogP contribution in [0.3, 0.4) is 0 Å². The average molecular weight is 411 g/mol. The number of fused-ring (bicyclic) bond motifs is 1. The van der Waals surface area contributed by atoms with Gasteiger partial charge in [-0.25, -0.2) is 14.0 Å². The van der Waals surface area contributed by atoms with Crippen LogP contribution < -0.4 is 5.69 Å². The monoisotopic (exact) mass is 410 g/mol. The summed E-state index contributed by atoms with van der Waals surface area (Å²) in [5.41, 5.74) is 5.89. The molecule has 0 radical (unpaired) electrons. The number of nitrogens with zero attached hydrogens (tertiary/aromatic N) is 4. The standard InChI is InChI=1S/C22H23ClN4O2/c1-15(17-12-11-16-7-3-4-8-18(16)13-17)25-29-14-19-9-5-6-10-20(19)27-21(23)24-26(2)22(27)28/h5-6,9-13H,3-4,7-8,14H2,1-2H3/b25-15-. The van der Waals surface area contributed by atoms with E-state index in [9.17, 15) is 4.79 Å². The minimum absolute atomic E-state index is 0.110. The van der Waals surface area contributed by atoms with Crippen LogP contribution in [0, 0.1) is 0 Å². The van der Waals surface area contributed by atoms with Gasteiger partial charge in [-0.3, -0.25) is 0 Å². The summed E-state index contributed by atoms with van der Waals surface area (Å²) >= 11 is 6.14. The van der Waals surface area contributed by atoms with Crippen LogP contribution in [0.5, 0.6) is 0 Å². The Kier molecular flexibility index (Phi) is 5.53. The van der Waals surface area contributed by atoms with Gasteiger partial charge < -0.3 is 4.84 Å². The summed E-state index contributed by atoms with van der Waals surface area (Å²) < 4.78 is 2.57. The first-order valence-corrected chi connectivity index (χ1v) is 10.1. The van der Waals surface area contributed by atoms with Crippen molar-refractivity contribution in [3.63, 3.8) is 0 Å². The van der Waals surface area contributed by atoms with Crippen LogP contribution in [0.4, 0.5) is 0 Å². The lowest BCUT2D eigenvalue weighted by atomic mass is 9.90. The lowest BCUT2D eigenvalue weighted by Gasteiger charge is -2.16. The molecule has 0 atom stereocenters. The Hall–Kier alpha value is -2.86. The Morgan fingerprint density at radius 1 is 1.17 bits per heavy atom. The van der Waals surface area contributed by atoms with Crippen molar-refractivity contribution in [1.82, 2.24) is 14.3 Å². The molecule has 0 saturated carbocycles. The molecule has 150 valence electrons. The van der Waals surface area contributed by atoms with Crippen molar-refractivity contribution >= 4 is 17.3 Å². The van der Waals surface area contributed by atoms with Gasteiger partial charge in [0.2, 0.25) is 5.28 Å². The number of rotatable bonds is 5. The molecule has 0 spiro atoms. The molecule has 4 rings (SSSR count). The van der Waals surface area contributed by atoms with Gasteiger partial charge in [-0.2, -0.15) is 0 Å². The van der Waals surface area contributed by atoms with E-state index in [0.29, 0.717) is 5.69 Å². The van der Waals surface area contributed by atoms with Gasteiger partial charge in [0, 0.05) is 12.6 Å². The Labute approximate surface area is 174 Å². The van der Waals surface area contributed by atoms with Gasteiger partial charge in [-0.1, -0.05) is 35.5 Å². The van der Waals surface area contributed by atoms with Gasteiger partial charge in [0.25, 0.3) is 0 Å². The van der Waals surface area contributed by atoms with E-state index >= 15 is 0 Å². The summed E-state index contributed by atoms with van der Waals surface area (Å²) in [7, 11) is 1.57. The van der Waals surface area contributed by atoms with Crippen molar-refractivity contribution in [2.24, 2.45) is 12.2 Å². The lowest BCUT2D eigenvalue weighted by Crippen LogP contribution is -2.22. The van der Waals surface area contributed by atoms with E-state index in [1.54, 1.807) is 7.05 Å². The highest BCUT2D eigenvalue weighted by molar-refractivity contribution is 6.28. The fourth-order valence-electron chi connectivity index (χ4n) is 3.70. The summed E-state index contributed by atoms with van der Waals surface area (Å²) in [6.07, 6.45) is 4.81. The predicted octanol–water partition coefficient (Wildman–Crippen LogP) is 4.04. The van der Waals surface area contributed by atoms with E-state index in [1.165, 1.54) is 33.2 Å². The van der Waals surface area contributed by atoms with Gasteiger partial charge in [0.15, 0.2) is 0 Å². The predicted molar refractivity (Wildman–Crippen MR) is 114 cm³/mol. The number of aromatic nitrogens is 3. The van der Waals surface area contributed by atoms with Crippen LogP contribution in [-0.4, -0.2) is 20.1 Å². The van der Waals surface area contributed by atoms with Crippen molar-refractivity contribution in [3.05, 3.63) is 80.5 Å². The summed E-state index contributed by atoms with van der Waals surface area (Å²) in [6.45, 7) is 2.16. The van der Waals surface area contributed by atoms with Crippen molar-refractivity contribution in [2.45, 2.75) is 39.2 Å². The van der Waals surface area contributed by atoms with Gasteiger partial charge in [-0.05, 0) is 73.0 Å². The van der Waals surface area contributed by atoms with Crippen molar-refractivity contribution in [1.29, 1.82) is 0 Å². The molecule has 6 nitrogen and oxygen atoms in total. The van der Waals surface area contributed by atoms with Gasteiger partial charge in [0.05, 0.1) is 11.4 Å². The van der Waals surface area contributed by atoms with Crippen molar-refractivity contribution < 1.29 is 4.84 Å². The molecule has 0 unspecified atom stereocenters. The van der Waals surface area contributed by atoms with E-state index in [-0.39, 0.29) is 17.6 Å². The lowest BCUT2D eigenvalue weighted by molar-refractivity contribution is 0.130. The maximum Gasteiger partial charge on any atom is 0.351 e. The number of benzene rings is 2. The van der Waals surface area contributed by atoms with Gasteiger partial charge in [0.1, 0.15) is 6.61 Å². The molecule has 1 aromatic heterocycles. The minimum Gasteiger partial charge on any atom is -0.391 e. The number of oxime groups is 1. The number of halogens is 1. The first-order valence-electron chi connectivity index (χ1n) is 9.73. The summed E-state index contributed by atoms with van der Waals surface area (Å²) in [4.78, 5) is 18.0. The highest BCUT2D eigenvalue weighted by Gasteiger charge is 2.15. The fourth-order valence-corrected chi connectivity index (χ4v) is 3.97. The van der Waals surface area contributed by atoms with Crippen LogP contribution in [0.15, 0.2) is 52.4 Å². The van der Waals surface area contributed by atoms with E-state index in [1.807, 2.05) is 31.2 Å². The zero-order valence-corrected chi connectivity index (χ0v) is 17.3.